The maximum atomic E-state index is 14.6. The van der Waals surface area contributed by atoms with E-state index in [9.17, 15) is 17.6 Å². The molecule has 3 aliphatic rings. The summed E-state index contributed by atoms with van der Waals surface area (Å²) < 4.78 is 50.5. The number of rotatable bonds is 8. The van der Waals surface area contributed by atoms with Gasteiger partial charge >= 0.3 is 5.97 Å². The van der Waals surface area contributed by atoms with Gasteiger partial charge in [-0.05, 0) is 81.2 Å². The monoisotopic (exact) mass is 628 g/mol. The number of carbonyl (C=O) groups excluding carboxylic acids is 1. The first-order chi connectivity index (χ1) is 21.7. The molecule has 3 fully saturated rings. The quantitative estimate of drug-likeness (QED) is 0.213. The largest absolute Gasteiger partial charge is 0.466 e. The summed E-state index contributed by atoms with van der Waals surface area (Å²) in [7, 11) is -4.10. The van der Waals surface area contributed by atoms with Crippen LogP contribution in [0, 0.1) is 30.5 Å². The zero-order valence-electron chi connectivity index (χ0n) is 25.0. The van der Waals surface area contributed by atoms with Gasteiger partial charge in [-0.2, -0.15) is 0 Å². The van der Waals surface area contributed by atoms with Gasteiger partial charge in [0.05, 0.1) is 23.6 Å². The summed E-state index contributed by atoms with van der Waals surface area (Å²) in [6.45, 7) is 7.88. The molecular formula is C33H33FN6O4S. The van der Waals surface area contributed by atoms with E-state index in [4.69, 9.17) is 14.8 Å². The molecule has 0 radical (unpaired) electrons. The fraction of sp³-hybridized carbons (Fsp3) is 0.333. The number of hydrogen-bond acceptors (Lipinski definition) is 8. The molecule has 0 amide bonds. The average Bonchev–Trinajstić information content (AvgIpc) is 3.64. The summed E-state index contributed by atoms with van der Waals surface area (Å²) in [4.78, 5) is 22.3. The van der Waals surface area contributed by atoms with Gasteiger partial charge in [0.2, 0.25) is 0 Å². The summed E-state index contributed by atoms with van der Waals surface area (Å²) in [5.74, 6) is -0.0202. The summed E-state index contributed by atoms with van der Waals surface area (Å²) >= 11 is 0. The summed E-state index contributed by atoms with van der Waals surface area (Å²) in [6.07, 6.45) is 9.82. The predicted molar refractivity (Wildman–Crippen MR) is 169 cm³/mol. The van der Waals surface area contributed by atoms with Crippen LogP contribution in [-0.4, -0.2) is 50.6 Å². The first-order valence-electron chi connectivity index (χ1n) is 15.1. The molecule has 3 aliphatic carbocycles. The molecule has 2 bridgehead atoms. The number of pyridine rings is 1. The molecule has 0 saturated heterocycles. The van der Waals surface area contributed by atoms with Crippen molar-refractivity contribution < 1.29 is 22.3 Å². The molecule has 4 aromatic heterocycles. The van der Waals surface area contributed by atoms with E-state index in [1.54, 1.807) is 28.9 Å². The summed E-state index contributed by atoms with van der Waals surface area (Å²) in [6, 6.07) is 9.41. The molecular weight excluding hydrogens is 595 g/mol. The standard InChI is InChI=1S/C33H33FN6O4S/c1-4-20-14-27-31(36-29-22-10-8-21(9-11-22)28(29)33(41)44-5-2)37-30(38-39(27)17-20)26-18-40(32-25(26)15-23(34)16-35-32)45(42,43)24-12-6-19(3)7-13-24/h4,6-7,12-18,21-22,28-29H,1,5,8-11H2,2-3H3,(H,36,37,38)/t21?,22?,28-,29-/m1/s1. The lowest BCUT2D eigenvalue weighted by Crippen LogP contribution is -2.52. The lowest BCUT2D eigenvalue weighted by molar-refractivity contribution is -0.154. The minimum atomic E-state index is -4.10. The van der Waals surface area contributed by atoms with Crippen molar-refractivity contribution in [2.24, 2.45) is 17.8 Å². The van der Waals surface area contributed by atoms with Crippen LogP contribution in [0.1, 0.15) is 43.7 Å². The van der Waals surface area contributed by atoms with Gasteiger partial charge in [-0.25, -0.2) is 31.3 Å². The number of fused-ring (bicyclic) bond motifs is 5. The SMILES string of the molecule is C=Cc1cc2c(N[C@@H]3C4CCC(CC4)[C@H]3C(=O)OCC)nc(-c3cn(S(=O)(=O)c4ccc(C)cc4)c4ncc(F)cc34)nn2c1. The molecule has 3 saturated carbocycles. The van der Waals surface area contributed by atoms with Gasteiger partial charge in [0.1, 0.15) is 11.3 Å². The average molecular weight is 629 g/mol. The van der Waals surface area contributed by atoms with Crippen LogP contribution in [0.5, 0.6) is 0 Å². The fourth-order valence-corrected chi connectivity index (χ4v) is 8.31. The molecule has 1 aromatic carbocycles. The van der Waals surface area contributed by atoms with E-state index >= 15 is 0 Å². The normalized spacial score (nSPS) is 21.3. The Morgan fingerprint density at radius 3 is 2.58 bits per heavy atom. The van der Waals surface area contributed by atoms with Crippen LogP contribution in [0.4, 0.5) is 10.2 Å². The number of aryl methyl sites for hydroxylation is 1. The number of hydrogen-bond donors (Lipinski definition) is 1. The minimum absolute atomic E-state index is 0.0523. The first kappa shape index (κ1) is 29.1. The number of anilines is 1. The molecule has 2 atom stereocenters. The van der Waals surface area contributed by atoms with Crippen LogP contribution in [0.2, 0.25) is 0 Å². The van der Waals surface area contributed by atoms with Crippen molar-refractivity contribution in [1.29, 1.82) is 0 Å². The van der Waals surface area contributed by atoms with Crippen molar-refractivity contribution in [3.8, 4) is 11.4 Å². The highest BCUT2D eigenvalue weighted by atomic mass is 32.2. The Labute approximate surface area is 260 Å². The fourth-order valence-electron chi connectivity index (χ4n) is 6.98. The Balaban J connectivity index is 1.39. The smallest absolute Gasteiger partial charge is 0.311 e. The van der Waals surface area contributed by atoms with Crippen LogP contribution >= 0.6 is 0 Å². The number of ether oxygens (including phenoxy) is 1. The Morgan fingerprint density at radius 1 is 1.13 bits per heavy atom. The van der Waals surface area contributed by atoms with Crippen molar-refractivity contribution in [3.05, 3.63) is 78.5 Å². The zero-order chi connectivity index (χ0) is 31.5. The van der Waals surface area contributed by atoms with Crippen molar-refractivity contribution in [2.45, 2.75) is 50.5 Å². The van der Waals surface area contributed by atoms with Gasteiger partial charge in [-0.1, -0.05) is 30.4 Å². The Kier molecular flexibility index (Phi) is 7.19. The van der Waals surface area contributed by atoms with Gasteiger partial charge in [0.15, 0.2) is 17.3 Å². The molecule has 0 spiro atoms. The highest BCUT2D eigenvalue weighted by Crippen LogP contribution is 2.47. The highest BCUT2D eigenvalue weighted by Gasteiger charge is 2.48. The maximum Gasteiger partial charge on any atom is 0.311 e. The number of nitrogens with zero attached hydrogens (tertiary/aromatic N) is 5. The molecule has 232 valence electrons. The first-order valence-corrected chi connectivity index (χ1v) is 16.6. The molecule has 0 unspecified atom stereocenters. The third-order valence-electron chi connectivity index (χ3n) is 9.20. The highest BCUT2D eigenvalue weighted by molar-refractivity contribution is 7.90. The number of aromatic nitrogens is 5. The van der Waals surface area contributed by atoms with E-state index in [0.717, 1.165) is 47.0 Å². The van der Waals surface area contributed by atoms with Gasteiger partial charge < -0.3 is 10.1 Å². The van der Waals surface area contributed by atoms with Crippen molar-refractivity contribution >= 4 is 44.4 Å². The van der Waals surface area contributed by atoms with E-state index in [2.05, 4.69) is 16.9 Å². The molecule has 12 heteroatoms. The van der Waals surface area contributed by atoms with Crippen LogP contribution in [0.15, 0.2) is 66.5 Å². The van der Waals surface area contributed by atoms with Crippen LogP contribution in [-0.2, 0) is 19.6 Å². The lowest BCUT2D eigenvalue weighted by atomic mass is 9.61. The van der Waals surface area contributed by atoms with Crippen molar-refractivity contribution in [1.82, 2.24) is 23.6 Å². The molecule has 5 aromatic rings. The van der Waals surface area contributed by atoms with Crippen LogP contribution in [0.3, 0.4) is 0 Å². The van der Waals surface area contributed by atoms with Gasteiger partial charge in [-0.3, -0.25) is 4.79 Å². The number of benzene rings is 1. The Bertz CT molecular complexity index is 2060. The molecule has 45 heavy (non-hydrogen) atoms. The van der Waals surface area contributed by atoms with E-state index in [1.807, 2.05) is 19.9 Å². The number of esters is 1. The molecule has 10 nitrogen and oxygen atoms in total. The number of halogens is 1. The molecule has 4 heterocycles. The van der Waals surface area contributed by atoms with Gasteiger partial charge in [0, 0.05) is 29.4 Å². The van der Waals surface area contributed by atoms with Gasteiger partial charge in [0.25, 0.3) is 10.0 Å². The summed E-state index contributed by atoms with van der Waals surface area (Å²) in [5, 5.41) is 8.57. The van der Waals surface area contributed by atoms with Gasteiger partial charge in [-0.15, -0.1) is 5.10 Å². The molecule has 1 N–H and O–H groups in total. The lowest BCUT2D eigenvalue weighted by Gasteiger charge is -2.47. The predicted octanol–water partition coefficient (Wildman–Crippen LogP) is 5.85. The third kappa shape index (κ3) is 4.97. The van der Waals surface area contributed by atoms with Crippen LogP contribution < -0.4 is 5.32 Å². The van der Waals surface area contributed by atoms with E-state index in [1.165, 1.54) is 24.4 Å². The van der Waals surface area contributed by atoms with Crippen molar-refractivity contribution in [3.63, 3.8) is 0 Å². The molecule has 8 rings (SSSR count). The second-order valence-electron chi connectivity index (χ2n) is 11.9. The number of carbonyl (C=O) groups is 1. The van der Waals surface area contributed by atoms with E-state index in [-0.39, 0.29) is 51.5 Å². The van der Waals surface area contributed by atoms with E-state index in [0.29, 0.717) is 23.5 Å². The van der Waals surface area contributed by atoms with Crippen molar-refractivity contribution in [2.75, 3.05) is 11.9 Å². The zero-order valence-corrected chi connectivity index (χ0v) is 25.8. The second kappa shape index (κ2) is 11.1. The minimum Gasteiger partial charge on any atom is -0.466 e. The van der Waals surface area contributed by atoms with Crippen LogP contribution in [0.25, 0.3) is 34.0 Å². The summed E-state index contributed by atoms with van der Waals surface area (Å²) in [5.41, 5.74) is 2.72. The Hall–Kier alpha value is -4.58. The van der Waals surface area contributed by atoms with E-state index < -0.39 is 15.8 Å². The second-order valence-corrected chi connectivity index (χ2v) is 13.7. The maximum absolute atomic E-state index is 14.6. The topological polar surface area (TPSA) is 120 Å². The molecule has 0 aliphatic heterocycles. The number of nitrogens with one attached hydrogen (secondary N) is 1. The Morgan fingerprint density at radius 2 is 1.87 bits per heavy atom. The third-order valence-corrected chi connectivity index (χ3v) is 10.9.